The van der Waals surface area contributed by atoms with E-state index in [0.29, 0.717) is 27.5 Å². The third-order valence-electron chi connectivity index (χ3n) is 12.6. The minimum atomic E-state index is -4.36. The topological polar surface area (TPSA) is 270 Å². The highest BCUT2D eigenvalue weighted by molar-refractivity contribution is 7.89. The van der Waals surface area contributed by atoms with Crippen molar-refractivity contribution in [3.8, 4) is 0 Å². The number of sulfonamides is 1. The van der Waals surface area contributed by atoms with Gasteiger partial charge in [0.05, 0.1) is 11.5 Å². The molecule has 0 aliphatic carbocycles. The number of rotatable bonds is 26. The molecule has 0 bridgehead atoms. The number of esters is 1. The van der Waals surface area contributed by atoms with Crippen molar-refractivity contribution in [2.24, 2.45) is 11.8 Å². The molecule has 0 aliphatic rings. The quantitative estimate of drug-likeness (QED) is 0.0356. The molecule has 19 nitrogen and oxygen atoms in total. The molecule has 20 heteroatoms. The number of aliphatic hydroxyl groups is 1. The van der Waals surface area contributed by atoms with Gasteiger partial charge >= 0.3 is 5.97 Å². The van der Waals surface area contributed by atoms with E-state index in [2.05, 4.69) is 41.3 Å². The first-order chi connectivity index (χ1) is 36.2. The molecule has 6 rings (SSSR count). The molecule has 2 aromatic heterocycles. The van der Waals surface area contributed by atoms with Gasteiger partial charge < -0.3 is 46.3 Å². The van der Waals surface area contributed by atoms with Gasteiger partial charge in [0.25, 0.3) is 0 Å². The number of carbonyl (C=O) groups is 6. The minimum Gasteiger partial charge on any atom is -0.459 e. The molecule has 0 unspecified atom stereocenters. The summed E-state index contributed by atoms with van der Waals surface area (Å²) in [5.74, 6) is -5.00. The summed E-state index contributed by atoms with van der Waals surface area (Å²) < 4.78 is 36.3. The number of anilines is 1. The predicted molar refractivity (Wildman–Crippen MR) is 290 cm³/mol. The number of benzene rings is 4. The molecule has 0 fully saturated rings. The van der Waals surface area contributed by atoms with Gasteiger partial charge in [0, 0.05) is 72.9 Å². The summed E-state index contributed by atoms with van der Waals surface area (Å²) in [5.41, 5.74) is 3.53. The maximum Gasteiger partial charge on any atom is 0.328 e. The van der Waals surface area contributed by atoms with Crippen molar-refractivity contribution >= 4 is 72.9 Å². The van der Waals surface area contributed by atoms with Crippen LogP contribution in [0.15, 0.2) is 127 Å². The molecule has 8 N–H and O–H groups in total. The average molecular weight is 1060 g/mol. The summed E-state index contributed by atoms with van der Waals surface area (Å²) in [4.78, 5) is 93.2. The Kier molecular flexibility index (Phi) is 20.2. The summed E-state index contributed by atoms with van der Waals surface area (Å²) >= 11 is 0. The van der Waals surface area contributed by atoms with Crippen molar-refractivity contribution < 1.29 is 47.0 Å². The monoisotopic (exact) mass is 1060 g/mol. The second-order valence-electron chi connectivity index (χ2n) is 19.8. The fraction of sp³-hybridized carbons (Fsp3) is 0.375. The molecule has 4 aromatic carbocycles. The number of hydrogen-bond acceptors (Lipinski definition) is 12. The lowest BCUT2D eigenvalue weighted by Crippen LogP contribution is -2.60. The first kappa shape index (κ1) is 57.6. The fourth-order valence-corrected chi connectivity index (χ4v) is 10.1. The van der Waals surface area contributed by atoms with E-state index in [9.17, 15) is 42.3 Å². The molecule has 0 spiro atoms. The highest BCUT2D eigenvalue weighted by Gasteiger charge is 2.35. The van der Waals surface area contributed by atoms with Crippen LogP contribution in [0.1, 0.15) is 64.2 Å². The van der Waals surface area contributed by atoms with Gasteiger partial charge in [-0.2, -0.15) is 4.72 Å². The number of para-hydroxylation sites is 1. The number of pyridine rings is 1. The van der Waals surface area contributed by atoms with Crippen LogP contribution in [0.5, 0.6) is 0 Å². The zero-order valence-corrected chi connectivity index (χ0v) is 44.6. The van der Waals surface area contributed by atoms with Crippen molar-refractivity contribution in [2.75, 3.05) is 25.6 Å². The Morgan fingerprint density at radius 3 is 1.82 bits per heavy atom. The molecular formula is C56H69N9O10S. The normalized spacial score (nSPS) is 14.0. The first-order valence-corrected chi connectivity index (χ1v) is 26.7. The van der Waals surface area contributed by atoms with E-state index in [1.54, 1.807) is 99.2 Å². The zero-order valence-electron chi connectivity index (χ0n) is 43.8. The number of aromatic amines is 1. The van der Waals surface area contributed by atoms with Gasteiger partial charge in [0.2, 0.25) is 39.6 Å². The fourth-order valence-electron chi connectivity index (χ4n) is 8.72. The van der Waals surface area contributed by atoms with Crippen LogP contribution in [0, 0.1) is 11.8 Å². The number of fused-ring (bicyclic) bond motifs is 2. The van der Waals surface area contributed by atoms with Crippen LogP contribution in [-0.4, -0.2) is 116 Å². The summed E-state index contributed by atoms with van der Waals surface area (Å²) in [6.45, 7) is 7.84. The van der Waals surface area contributed by atoms with Crippen molar-refractivity contribution in [1.29, 1.82) is 0 Å². The lowest BCUT2D eigenvalue weighted by atomic mass is 10.0. The summed E-state index contributed by atoms with van der Waals surface area (Å²) in [5, 5.41) is 25.8. The van der Waals surface area contributed by atoms with Crippen molar-refractivity contribution in [1.82, 2.24) is 41.3 Å². The number of aromatic nitrogens is 2. The second kappa shape index (κ2) is 26.7. The average Bonchev–Trinajstić information content (AvgIpc) is 3.81. The van der Waals surface area contributed by atoms with Gasteiger partial charge in [0.15, 0.2) is 0 Å². The van der Waals surface area contributed by atoms with Gasteiger partial charge in [-0.1, -0.05) is 100 Å². The Hall–Kier alpha value is -7.68. The van der Waals surface area contributed by atoms with Crippen molar-refractivity contribution in [3.05, 3.63) is 138 Å². The van der Waals surface area contributed by atoms with Crippen LogP contribution in [0.2, 0.25) is 0 Å². The third kappa shape index (κ3) is 15.7. The lowest BCUT2D eigenvalue weighted by Gasteiger charge is -2.27. The molecule has 0 aliphatic heterocycles. The van der Waals surface area contributed by atoms with Crippen LogP contribution >= 0.6 is 0 Å². The molecule has 404 valence electrons. The van der Waals surface area contributed by atoms with E-state index >= 15 is 0 Å². The molecule has 2 heterocycles. The van der Waals surface area contributed by atoms with Crippen molar-refractivity contribution in [3.63, 3.8) is 0 Å². The van der Waals surface area contributed by atoms with Crippen LogP contribution in [-0.2, 0) is 63.0 Å². The highest BCUT2D eigenvalue weighted by atomic mass is 32.2. The molecule has 0 saturated carbocycles. The largest absolute Gasteiger partial charge is 0.459 e. The number of nitrogens with zero attached hydrogens (tertiary/aromatic N) is 2. The lowest BCUT2D eigenvalue weighted by molar-refractivity contribution is -0.149. The van der Waals surface area contributed by atoms with E-state index in [4.69, 9.17) is 4.74 Å². The van der Waals surface area contributed by atoms with Crippen molar-refractivity contribution in [2.45, 2.75) is 108 Å². The Morgan fingerprint density at radius 1 is 0.592 bits per heavy atom. The standard InChI is InChI=1S/C56H69N9O10S/c1-34(2)27-46(64-76(73,74)50-22-14-18-41-42(50)19-13-21-49(41)65(6)7)54(70)63-48(32-66)55(71)60-44(29-37-15-9-8-10-16-37)53(69)61-45(30-39-31-58-43-20-12-11-17-40(39)43)52(68)59-36(5)51(67)62-47(28-35(3)4)56(72)75-33-38-23-25-57-26-24-38/h8-26,31,34-36,44-48,58,64,66H,27-30,32-33H2,1-7H3,(H,59,68)(H,60,71)(H,61,69)(H,62,67)(H,63,70)/t36-,44-,45-,46-,47-,48-/m0/s1. The van der Waals surface area contributed by atoms with E-state index in [0.717, 1.165) is 16.6 Å². The zero-order chi connectivity index (χ0) is 55.1. The number of carbonyl (C=O) groups excluding carboxylic acids is 6. The molecule has 0 saturated heterocycles. The maximum atomic E-state index is 14.6. The number of nitrogens with one attached hydrogen (secondary N) is 7. The smallest absolute Gasteiger partial charge is 0.328 e. The Balaban J connectivity index is 1.21. The number of hydrogen-bond donors (Lipinski definition) is 8. The Morgan fingerprint density at radius 2 is 1.14 bits per heavy atom. The first-order valence-electron chi connectivity index (χ1n) is 25.2. The number of ether oxygens (including phenoxy) is 1. The predicted octanol–water partition coefficient (Wildman–Crippen LogP) is 4.19. The van der Waals surface area contributed by atoms with Gasteiger partial charge in [-0.15, -0.1) is 0 Å². The molecule has 76 heavy (non-hydrogen) atoms. The maximum absolute atomic E-state index is 14.6. The van der Waals surface area contributed by atoms with Crippen LogP contribution < -0.4 is 36.2 Å². The Bertz CT molecular complexity index is 3080. The van der Waals surface area contributed by atoms with Crippen LogP contribution in [0.3, 0.4) is 0 Å². The van der Waals surface area contributed by atoms with E-state index in [1.165, 1.54) is 13.0 Å². The van der Waals surface area contributed by atoms with E-state index in [1.807, 2.05) is 63.2 Å². The summed E-state index contributed by atoms with van der Waals surface area (Å²) in [6.07, 6.45) is 4.94. The third-order valence-corrected chi connectivity index (χ3v) is 14.1. The number of H-pyrrole nitrogens is 1. The van der Waals surface area contributed by atoms with Gasteiger partial charge in [-0.3, -0.25) is 29.0 Å². The summed E-state index contributed by atoms with van der Waals surface area (Å²) in [6, 6.07) is 21.6. The van der Waals surface area contributed by atoms with E-state index < -0.39 is 88.4 Å². The van der Waals surface area contributed by atoms with Gasteiger partial charge in [-0.25, -0.2) is 13.2 Å². The van der Waals surface area contributed by atoms with Crippen LogP contribution in [0.4, 0.5) is 5.69 Å². The van der Waals surface area contributed by atoms with E-state index in [-0.39, 0.29) is 49.0 Å². The summed E-state index contributed by atoms with van der Waals surface area (Å²) in [7, 11) is -0.672. The Labute approximate surface area is 443 Å². The molecule has 6 aromatic rings. The van der Waals surface area contributed by atoms with Crippen LogP contribution in [0.25, 0.3) is 21.7 Å². The number of amides is 5. The number of aliphatic hydroxyl groups excluding tert-OH is 1. The molecular weight excluding hydrogens is 991 g/mol. The molecule has 5 amide bonds. The minimum absolute atomic E-state index is 0.0195. The molecule has 6 atom stereocenters. The van der Waals surface area contributed by atoms with Gasteiger partial charge in [0.1, 0.15) is 42.9 Å². The molecule has 0 radical (unpaired) electrons. The second-order valence-corrected chi connectivity index (χ2v) is 21.5. The van der Waals surface area contributed by atoms with Gasteiger partial charge in [-0.05, 0) is 78.6 Å². The SMILES string of the molecule is CC(C)C[C@H](NS(=O)(=O)c1cccc2c(N(C)C)cccc12)C(=O)N[C@@H](CO)C(=O)N[C@@H](Cc1ccccc1)C(=O)N[C@@H](Cc1c[nH]c2ccccc12)C(=O)N[C@@H](C)C(=O)N[C@@H](CC(C)C)C(=O)OCc1ccncc1. The highest BCUT2D eigenvalue weighted by Crippen LogP contribution is 2.30.